The molecule has 0 saturated heterocycles. The fourth-order valence-electron chi connectivity index (χ4n) is 1.89. The van der Waals surface area contributed by atoms with E-state index in [4.69, 9.17) is 28.9 Å². The van der Waals surface area contributed by atoms with E-state index < -0.39 is 0 Å². The molecule has 0 unspecified atom stereocenters. The molecule has 5 heteroatoms. The molecule has 0 spiro atoms. The zero-order valence-electron chi connectivity index (χ0n) is 10.9. The molecule has 2 aromatic carbocycles. The number of nitrogens with two attached hydrogens (primary N) is 1. The minimum atomic E-state index is -0.117. The van der Waals surface area contributed by atoms with Crippen LogP contribution in [0.1, 0.15) is 15.9 Å². The molecule has 0 heterocycles. The van der Waals surface area contributed by atoms with Crippen molar-refractivity contribution in [3.05, 3.63) is 63.6 Å². The van der Waals surface area contributed by atoms with E-state index in [0.29, 0.717) is 27.8 Å². The Balaban J connectivity index is 2.18. The van der Waals surface area contributed by atoms with Crippen LogP contribution in [-0.4, -0.2) is 17.9 Å². The van der Waals surface area contributed by atoms with Crippen molar-refractivity contribution in [1.82, 2.24) is 4.90 Å². The van der Waals surface area contributed by atoms with Gasteiger partial charge < -0.3 is 10.6 Å². The Morgan fingerprint density at radius 1 is 1.20 bits per heavy atom. The number of amides is 1. The smallest absolute Gasteiger partial charge is 0.253 e. The summed E-state index contributed by atoms with van der Waals surface area (Å²) in [6, 6.07) is 12.2. The molecule has 0 bridgehead atoms. The van der Waals surface area contributed by atoms with Crippen LogP contribution in [-0.2, 0) is 6.54 Å². The second-order valence-corrected chi connectivity index (χ2v) is 5.28. The van der Waals surface area contributed by atoms with Crippen LogP contribution in [0.4, 0.5) is 5.69 Å². The minimum Gasteiger partial charge on any atom is -0.399 e. The highest BCUT2D eigenvalue weighted by atomic mass is 35.5. The Labute approximate surface area is 127 Å². The highest BCUT2D eigenvalue weighted by Gasteiger charge is 2.14. The van der Waals surface area contributed by atoms with Gasteiger partial charge in [0.25, 0.3) is 5.91 Å². The van der Waals surface area contributed by atoms with Gasteiger partial charge in [0.15, 0.2) is 0 Å². The van der Waals surface area contributed by atoms with E-state index >= 15 is 0 Å². The highest BCUT2D eigenvalue weighted by molar-refractivity contribution is 6.42. The van der Waals surface area contributed by atoms with Gasteiger partial charge >= 0.3 is 0 Å². The van der Waals surface area contributed by atoms with E-state index in [-0.39, 0.29) is 5.91 Å². The maximum Gasteiger partial charge on any atom is 0.253 e. The lowest BCUT2D eigenvalue weighted by molar-refractivity contribution is 0.0785. The van der Waals surface area contributed by atoms with Crippen LogP contribution < -0.4 is 5.73 Å². The molecule has 2 aromatic rings. The standard InChI is InChI=1S/C15H14Cl2N2O/c1-19(9-11-5-3-7-13(16)14(11)17)15(20)10-4-2-6-12(18)8-10/h2-8H,9,18H2,1H3. The number of carbonyl (C=O) groups is 1. The Morgan fingerprint density at radius 3 is 2.60 bits per heavy atom. The first-order chi connectivity index (χ1) is 9.49. The zero-order chi connectivity index (χ0) is 14.7. The molecule has 0 aliphatic rings. The molecular weight excluding hydrogens is 295 g/mol. The summed E-state index contributed by atoms with van der Waals surface area (Å²) in [4.78, 5) is 13.9. The Hall–Kier alpha value is -1.71. The lowest BCUT2D eigenvalue weighted by Crippen LogP contribution is -2.26. The number of halogens is 2. The quantitative estimate of drug-likeness (QED) is 0.875. The van der Waals surface area contributed by atoms with Gasteiger partial charge in [0.1, 0.15) is 0 Å². The fourth-order valence-corrected chi connectivity index (χ4v) is 2.27. The summed E-state index contributed by atoms with van der Waals surface area (Å²) in [6.07, 6.45) is 0. The van der Waals surface area contributed by atoms with Crippen molar-refractivity contribution in [3.63, 3.8) is 0 Å². The fraction of sp³-hybridized carbons (Fsp3) is 0.133. The maximum absolute atomic E-state index is 12.3. The predicted octanol–water partition coefficient (Wildman–Crippen LogP) is 3.85. The number of hydrogen-bond acceptors (Lipinski definition) is 2. The monoisotopic (exact) mass is 308 g/mol. The lowest BCUT2D eigenvalue weighted by Gasteiger charge is -2.18. The molecule has 2 rings (SSSR count). The highest BCUT2D eigenvalue weighted by Crippen LogP contribution is 2.26. The van der Waals surface area contributed by atoms with Gasteiger partial charge in [-0.3, -0.25) is 4.79 Å². The molecule has 20 heavy (non-hydrogen) atoms. The molecular formula is C15H14Cl2N2O. The number of hydrogen-bond donors (Lipinski definition) is 1. The van der Waals surface area contributed by atoms with Crippen LogP contribution in [0.25, 0.3) is 0 Å². The summed E-state index contributed by atoms with van der Waals surface area (Å²) in [5.41, 5.74) is 7.60. The SMILES string of the molecule is CN(Cc1cccc(Cl)c1Cl)C(=O)c1cccc(N)c1. The van der Waals surface area contributed by atoms with Crippen LogP contribution in [0.3, 0.4) is 0 Å². The molecule has 1 amide bonds. The average Bonchev–Trinajstić information content (AvgIpc) is 2.43. The van der Waals surface area contributed by atoms with Gasteiger partial charge in [-0.2, -0.15) is 0 Å². The molecule has 3 nitrogen and oxygen atoms in total. The number of nitrogen functional groups attached to an aromatic ring is 1. The number of anilines is 1. The second-order valence-electron chi connectivity index (χ2n) is 4.50. The van der Waals surface area contributed by atoms with Crippen LogP contribution >= 0.6 is 23.2 Å². The van der Waals surface area contributed by atoms with Crippen molar-refractivity contribution >= 4 is 34.8 Å². The predicted molar refractivity (Wildman–Crippen MR) is 83.1 cm³/mol. The minimum absolute atomic E-state index is 0.117. The van der Waals surface area contributed by atoms with E-state index in [9.17, 15) is 4.79 Å². The van der Waals surface area contributed by atoms with Crippen LogP contribution in [0.5, 0.6) is 0 Å². The van der Waals surface area contributed by atoms with Crippen molar-refractivity contribution in [3.8, 4) is 0 Å². The summed E-state index contributed by atoms with van der Waals surface area (Å²) in [5, 5.41) is 0.954. The van der Waals surface area contributed by atoms with Crippen molar-refractivity contribution in [2.45, 2.75) is 6.54 Å². The molecule has 0 radical (unpaired) electrons. The van der Waals surface area contributed by atoms with Gasteiger partial charge in [0.05, 0.1) is 10.0 Å². The molecule has 0 atom stereocenters. The van der Waals surface area contributed by atoms with E-state index in [1.54, 1.807) is 42.3 Å². The third kappa shape index (κ3) is 3.24. The van der Waals surface area contributed by atoms with Gasteiger partial charge in [0.2, 0.25) is 0 Å². The Morgan fingerprint density at radius 2 is 1.90 bits per heavy atom. The van der Waals surface area contributed by atoms with Crippen molar-refractivity contribution in [1.29, 1.82) is 0 Å². The first-order valence-electron chi connectivity index (χ1n) is 6.03. The van der Waals surface area contributed by atoms with Crippen molar-refractivity contribution in [2.24, 2.45) is 0 Å². The topological polar surface area (TPSA) is 46.3 Å². The lowest BCUT2D eigenvalue weighted by atomic mass is 10.1. The normalized spacial score (nSPS) is 10.3. The molecule has 0 fully saturated rings. The van der Waals surface area contributed by atoms with Crippen LogP contribution in [0.15, 0.2) is 42.5 Å². The van der Waals surface area contributed by atoms with E-state index in [1.165, 1.54) is 0 Å². The Bertz CT molecular complexity index is 644. The number of rotatable bonds is 3. The summed E-state index contributed by atoms with van der Waals surface area (Å²) < 4.78 is 0. The van der Waals surface area contributed by atoms with E-state index in [2.05, 4.69) is 0 Å². The molecule has 0 aromatic heterocycles. The van der Waals surface area contributed by atoms with Gasteiger partial charge in [-0.15, -0.1) is 0 Å². The average molecular weight is 309 g/mol. The van der Waals surface area contributed by atoms with Gasteiger partial charge in [-0.25, -0.2) is 0 Å². The van der Waals surface area contributed by atoms with Gasteiger partial charge in [-0.05, 0) is 29.8 Å². The van der Waals surface area contributed by atoms with Crippen LogP contribution in [0.2, 0.25) is 10.0 Å². The number of benzene rings is 2. The molecule has 0 aliphatic carbocycles. The Kier molecular flexibility index (Phi) is 4.53. The largest absolute Gasteiger partial charge is 0.399 e. The van der Waals surface area contributed by atoms with Crippen molar-refractivity contribution < 1.29 is 4.79 Å². The first-order valence-corrected chi connectivity index (χ1v) is 6.78. The molecule has 0 aliphatic heterocycles. The third-order valence-corrected chi connectivity index (χ3v) is 3.78. The summed E-state index contributed by atoms with van der Waals surface area (Å²) in [5.74, 6) is -0.117. The van der Waals surface area contributed by atoms with E-state index in [1.807, 2.05) is 12.1 Å². The summed E-state index contributed by atoms with van der Waals surface area (Å²) in [6.45, 7) is 0.382. The molecule has 104 valence electrons. The molecule has 2 N–H and O–H groups in total. The first kappa shape index (κ1) is 14.7. The number of nitrogens with zero attached hydrogens (tertiary/aromatic N) is 1. The van der Waals surface area contributed by atoms with E-state index in [0.717, 1.165) is 5.56 Å². The third-order valence-electron chi connectivity index (χ3n) is 2.92. The second kappa shape index (κ2) is 6.16. The number of carbonyl (C=O) groups excluding carboxylic acids is 1. The maximum atomic E-state index is 12.3. The van der Waals surface area contributed by atoms with Crippen LogP contribution in [0, 0.1) is 0 Å². The van der Waals surface area contributed by atoms with Gasteiger partial charge in [-0.1, -0.05) is 41.4 Å². The summed E-state index contributed by atoms with van der Waals surface area (Å²) >= 11 is 12.1. The zero-order valence-corrected chi connectivity index (χ0v) is 12.4. The summed E-state index contributed by atoms with van der Waals surface area (Å²) in [7, 11) is 1.71. The van der Waals surface area contributed by atoms with Gasteiger partial charge in [0, 0.05) is 24.8 Å². The van der Waals surface area contributed by atoms with Crippen molar-refractivity contribution in [2.75, 3.05) is 12.8 Å². The molecule has 0 saturated carbocycles.